The third-order valence-corrected chi connectivity index (χ3v) is 1.80. The molecule has 0 atom stereocenters. The molecule has 0 fully saturated rings. The van der Waals surface area contributed by atoms with Gasteiger partial charge in [-0.05, 0) is 36.3 Å². The summed E-state index contributed by atoms with van der Waals surface area (Å²) < 4.78 is 0. The van der Waals surface area contributed by atoms with Crippen LogP contribution in [0.3, 0.4) is 0 Å². The van der Waals surface area contributed by atoms with Crippen LogP contribution < -0.4 is 5.32 Å². The molecule has 0 spiro atoms. The van der Waals surface area contributed by atoms with Crippen LogP contribution in [0.5, 0.6) is 0 Å². The Balaban J connectivity index is 4.60. The number of nitrogens with one attached hydrogen (secondary N) is 1. The van der Waals surface area contributed by atoms with Crippen LogP contribution in [0, 0.1) is 5.92 Å². The molecule has 0 radical (unpaired) electrons. The van der Waals surface area contributed by atoms with Gasteiger partial charge in [0.15, 0.2) is 0 Å². The summed E-state index contributed by atoms with van der Waals surface area (Å²) in [4.78, 5) is 0. The zero-order valence-electron chi connectivity index (χ0n) is 8.52. The summed E-state index contributed by atoms with van der Waals surface area (Å²) in [7, 11) is 1.90. The highest BCUT2D eigenvalue weighted by atomic mass is 14.8. The Morgan fingerprint density at radius 2 is 2.00 bits per heavy atom. The molecular weight excluding hydrogens is 146 g/mol. The van der Waals surface area contributed by atoms with Gasteiger partial charge in [-0.15, -0.1) is 0 Å². The van der Waals surface area contributed by atoms with Crippen molar-refractivity contribution in [2.75, 3.05) is 7.05 Å². The van der Waals surface area contributed by atoms with E-state index in [0.29, 0.717) is 5.92 Å². The van der Waals surface area contributed by atoms with E-state index in [-0.39, 0.29) is 0 Å². The first-order valence-corrected chi connectivity index (χ1v) is 4.30. The molecule has 0 aliphatic carbocycles. The molecule has 0 unspecified atom stereocenters. The molecule has 0 bridgehead atoms. The summed E-state index contributed by atoms with van der Waals surface area (Å²) in [5.74, 6) is 0.545. The monoisotopic (exact) mass is 165 g/mol. The van der Waals surface area contributed by atoms with Crippen molar-refractivity contribution in [1.29, 1.82) is 0 Å². The maximum absolute atomic E-state index is 3.80. The summed E-state index contributed by atoms with van der Waals surface area (Å²) in [5.41, 5.74) is 2.58. The van der Waals surface area contributed by atoms with Gasteiger partial charge in [0, 0.05) is 7.05 Å². The van der Waals surface area contributed by atoms with Gasteiger partial charge < -0.3 is 5.32 Å². The van der Waals surface area contributed by atoms with Crippen molar-refractivity contribution in [3.63, 3.8) is 0 Å². The van der Waals surface area contributed by atoms with Gasteiger partial charge in [0.05, 0.1) is 0 Å². The third-order valence-electron chi connectivity index (χ3n) is 1.80. The molecule has 12 heavy (non-hydrogen) atoms. The molecule has 0 amide bonds. The first kappa shape index (κ1) is 11.0. The van der Waals surface area contributed by atoms with E-state index in [9.17, 15) is 0 Å². The van der Waals surface area contributed by atoms with Gasteiger partial charge in [-0.3, -0.25) is 0 Å². The van der Waals surface area contributed by atoms with Crippen molar-refractivity contribution in [3.8, 4) is 0 Å². The SMILES string of the molecule is C=C/C(=C(C)\C=C/NC)C(C)C. The normalized spacial score (nSPS) is 13.4. The van der Waals surface area contributed by atoms with Crippen LogP contribution in [0.15, 0.2) is 36.1 Å². The molecule has 0 aromatic rings. The Labute approximate surface area is 75.9 Å². The lowest BCUT2D eigenvalue weighted by Crippen LogP contribution is -1.95. The first-order chi connectivity index (χ1) is 5.63. The second kappa shape index (κ2) is 5.64. The zero-order chi connectivity index (χ0) is 9.56. The van der Waals surface area contributed by atoms with Crippen molar-refractivity contribution < 1.29 is 0 Å². The summed E-state index contributed by atoms with van der Waals surface area (Å²) >= 11 is 0. The third kappa shape index (κ3) is 3.42. The first-order valence-electron chi connectivity index (χ1n) is 4.30. The Morgan fingerprint density at radius 1 is 1.42 bits per heavy atom. The molecule has 1 N–H and O–H groups in total. The summed E-state index contributed by atoms with van der Waals surface area (Å²) in [6.07, 6.45) is 5.93. The van der Waals surface area contributed by atoms with Crippen LogP contribution in [0.1, 0.15) is 20.8 Å². The largest absolute Gasteiger partial charge is 0.394 e. The highest BCUT2D eigenvalue weighted by molar-refractivity contribution is 5.31. The van der Waals surface area contributed by atoms with Crippen molar-refractivity contribution in [3.05, 3.63) is 36.1 Å². The number of rotatable bonds is 4. The van der Waals surface area contributed by atoms with Crippen LogP contribution >= 0.6 is 0 Å². The van der Waals surface area contributed by atoms with Crippen molar-refractivity contribution in [1.82, 2.24) is 5.32 Å². The fourth-order valence-corrected chi connectivity index (χ4v) is 1.16. The molecule has 0 aromatic heterocycles. The maximum Gasteiger partial charge on any atom is 0.00277 e. The summed E-state index contributed by atoms with van der Waals surface area (Å²) in [6, 6.07) is 0. The molecule has 0 aliphatic rings. The van der Waals surface area contributed by atoms with E-state index in [4.69, 9.17) is 0 Å². The Bertz CT molecular complexity index is 197. The number of allylic oxidation sites excluding steroid dienone is 4. The fourth-order valence-electron chi connectivity index (χ4n) is 1.16. The molecule has 0 heterocycles. The Morgan fingerprint density at radius 3 is 2.33 bits per heavy atom. The van der Waals surface area contributed by atoms with Crippen LogP contribution in [0.4, 0.5) is 0 Å². The standard InChI is InChI=1S/C11H19N/c1-6-11(9(2)3)10(4)7-8-12-5/h6-9,12H,1H2,2-5H3/b8-7-,11-10+. The fraction of sp³-hybridized carbons (Fsp3) is 0.455. The molecule has 1 heteroatoms. The minimum absolute atomic E-state index is 0.545. The molecule has 0 saturated heterocycles. The van der Waals surface area contributed by atoms with Gasteiger partial charge in [-0.2, -0.15) is 0 Å². The molecule has 0 saturated carbocycles. The van der Waals surface area contributed by atoms with Crippen LogP contribution in [0.25, 0.3) is 0 Å². The quantitative estimate of drug-likeness (QED) is 0.632. The smallest absolute Gasteiger partial charge is 0.00277 e. The highest BCUT2D eigenvalue weighted by Crippen LogP contribution is 2.16. The summed E-state index contributed by atoms with van der Waals surface area (Å²) in [6.45, 7) is 10.2. The zero-order valence-corrected chi connectivity index (χ0v) is 8.52. The Kier molecular flexibility index (Phi) is 5.18. The lowest BCUT2D eigenvalue weighted by molar-refractivity contribution is 0.784. The van der Waals surface area contributed by atoms with Gasteiger partial charge in [-0.1, -0.05) is 26.5 Å². The van der Waals surface area contributed by atoms with Crippen LogP contribution in [-0.4, -0.2) is 7.05 Å². The van der Waals surface area contributed by atoms with E-state index >= 15 is 0 Å². The molecule has 68 valence electrons. The van der Waals surface area contributed by atoms with Crippen molar-refractivity contribution >= 4 is 0 Å². The molecule has 0 aromatic carbocycles. The van der Waals surface area contributed by atoms with E-state index in [1.165, 1.54) is 11.1 Å². The molecule has 1 nitrogen and oxygen atoms in total. The van der Waals surface area contributed by atoms with Gasteiger partial charge >= 0.3 is 0 Å². The highest BCUT2D eigenvalue weighted by Gasteiger charge is 2.00. The van der Waals surface area contributed by atoms with E-state index in [2.05, 4.69) is 38.7 Å². The van der Waals surface area contributed by atoms with E-state index in [1.807, 2.05) is 19.3 Å². The molecular formula is C11H19N. The predicted molar refractivity (Wildman–Crippen MR) is 55.9 cm³/mol. The summed E-state index contributed by atoms with van der Waals surface area (Å²) in [5, 5.41) is 2.97. The van der Waals surface area contributed by atoms with E-state index < -0.39 is 0 Å². The lowest BCUT2D eigenvalue weighted by atomic mass is 9.98. The number of hydrogen-bond acceptors (Lipinski definition) is 1. The van der Waals surface area contributed by atoms with Crippen molar-refractivity contribution in [2.24, 2.45) is 5.92 Å². The van der Waals surface area contributed by atoms with Crippen molar-refractivity contribution in [2.45, 2.75) is 20.8 Å². The van der Waals surface area contributed by atoms with Crippen LogP contribution in [-0.2, 0) is 0 Å². The average Bonchev–Trinajstić information content (AvgIpc) is 2.01. The van der Waals surface area contributed by atoms with Crippen LogP contribution in [0.2, 0.25) is 0 Å². The second-order valence-corrected chi connectivity index (χ2v) is 3.12. The predicted octanol–water partition coefficient (Wildman–Crippen LogP) is 2.88. The Hall–Kier alpha value is -0.980. The topological polar surface area (TPSA) is 12.0 Å². The van der Waals surface area contributed by atoms with E-state index in [0.717, 1.165) is 0 Å². The second-order valence-electron chi connectivity index (χ2n) is 3.12. The minimum Gasteiger partial charge on any atom is -0.394 e. The van der Waals surface area contributed by atoms with Gasteiger partial charge in [-0.25, -0.2) is 0 Å². The minimum atomic E-state index is 0.545. The number of hydrogen-bond donors (Lipinski definition) is 1. The maximum atomic E-state index is 3.80. The lowest BCUT2D eigenvalue weighted by Gasteiger charge is -2.08. The molecule has 0 rings (SSSR count). The van der Waals surface area contributed by atoms with Gasteiger partial charge in [0.1, 0.15) is 0 Å². The molecule has 0 aliphatic heterocycles. The van der Waals surface area contributed by atoms with E-state index in [1.54, 1.807) is 0 Å². The van der Waals surface area contributed by atoms with Gasteiger partial charge in [0.25, 0.3) is 0 Å². The average molecular weight is 165 g/mol. The van der Waals surface area contributed by atoms with Gasteiger partial charge in [0.2, 0.25) is 0 Å².